The van der Waals surface area contributed by atoms with E-state index in [1.54, 1.807) is 0 Å². The molecule has 0 unspecified atom stereocenters. The van der Waals surface area contributed by atoms with Crippen LogP contribution < -0.4 is 0 Å². The summed E-state index contributed by atoms with van der Waals surface area (Å²) in [6.45, 7) is 0. The Morgan fingerprint density at radius 1 is 1.14 bits per heavy atom. The van der Waals surface area contributed by atoms with Crippen LogP contribution in [0, 0.1) is 0 Å². The molecule has 0 N–H and O–H groups in total. The molecular weight excluding hydrogens is 325 g/mol. The first kappa shape index (κ1) is 7.58. The van der Waals surface area contributed by atoms with Crippen molar-refractivity contribution in [1.29, 1.82) is 0 Å². The van der Waals surface area contributed by atoms with Crippen LogP contribution in [0.25, 0.3) is 0 Å². The van der Waals surface area contributed by atoms with Gasteiger partial charge in [0, 0.05) is 0 Å². The molecule has 0 heterocycles. The molecule has 0 aromatic carbocycles. The van der Waals surface area contributed by atoms with Gasteiger partial charge in [-0.2, -0.15) is 0 Å². The average molecular weight is 325 g/mol. The van der Waals surface area contributed by atoms with Crippen molar-refractivity contribution in [3.8, 4) is 0 Å². The van der Waals surface area contributed by atoms with Crippen molar-refractivity contribution in [1.82, 2.24) is 0 Å². The third-order valence-corrected chi connectivity index (χ3v) is 5.81. The average Bonchev–Trinajstić information content (AvgIpc) is 1.69. The Kier molecular flexibility index (Phi) is 7.12. The molecule has 0 fully saturated rings. The van der Waals surface area contributed by atoms with E-state index in [0.29, 0.717) is 0 Å². The van der Waals surface area contributed by atoms with E-state index in [2.05, 4.69) is 4.25 Å². The van der Waals surface area contributed by atoms with Gasteiger partial charge in [0.25, 0.3) is 0 Å². The first-order valence-corrected chi connectivity index (χ1v) is 7.65. The van der Waals surface area contributed by atoms with Gasteiger partial charge in [-0.3, -0.25) is 0 Å². The molecular formula is HgN2O2S2. The molecule has 0 saturated carbocycles. The fraction of sp³-hybridized carbons (Fsp3) is 0. The van der Waals surface area contributed by atoms with Crippen LogP contribution in [0.2, 0.25) is 0 Å². The van der Waals surface area contributed by atoms with E-state index in [0.717, 1.165) is 0 Å². The standard InChI is InChI=1S/Hg.2NOS/c;2*1-3-2/q+2;2*-1. The van der Waals surface area contributed by atoms with Crippen molar-refractivity contribution >= 4 is 22.9 Å². The van der Waals surface area contributed by atoms with E-state index in [4.69, 9.17) is 0 Å². The molecule has 0 amide bonds. The summed E-state index contributed by atoms with van der Waals surface area (Å²) in [7, 11) is 0. The topological polar surface area (TPSA) is 58.9 Å². The molecule has 0 aromatic heterocycles. The molecule has 0 aliphatic heterocycles. The Morgan fingerprint density at radius 2 is 1.57 bits per heavy atom. The Bertz CT molecular complexity index is 117. The fourth-order valence-corrected chi connectivity index (χ4v) is 3.10. The summed E-state index contributed by atoms with van der Waals surface area (Å²) in [6, 6.07) is 0. The zero-order valence-corrected chi connectivity index (χ0v) is 10.4. The number of nitrogens with zero attached hydrogens (tertiary/aromatic N) is 2. The van der Waals surface area contributed by atoms with E-state index in [1.165, 1.54) is 0 Å². The van der Waals surface area contributed by atoms with Gasteiger partial charge in [-0.25, -0.2) is 0 Å². The minimum atomic E-state index is -1.65. The van der Waals surface area contributed by atoms with Crippen LogP contribution in [-0.4, -0.2) is 8.42 Å². The third kappa shape index (κ3) is 6.58. The molecule has 0 radical (unpaired) electrons. The molecule has 0 bridgehead atoms. The van der Waals surface area contributed by atoms with Gasteiger partial charge < -0.3 is 0 Å². The Labute approximate surface area is 60.5 Å². The number of hydrogen-bond donors (Lipinski definition) is 0. The first-order chi connectivity index (χ1) is 3.41. The molecule has 7 heteroatoms. The van der Waals surface area contributed by atoms with Gasteiger partial charge >= 0.3 is 60.8 Å². The molecule has 0 aliphatic rings. The quantitative estimate of drug-likeness (QED) is 0.654. The van der Waals surface area contributed by atoms with Crippen LogP contribution in [0.4, 0.5) is 0 Å². The SMILES string of the molecule is O=S=[N][Hg][N]=S=O. The zero-order chi connectivity index (χ0) is 5.54. The van der Waals surface area contributed by atoms with Gasteiger partial charge in [-0.1, -0.05) is 0 Å². The van der Waals surface area contributed by atoms with Gasteiger partial charge in [0.05, 0.1) is 0 Å². The predicted octanol–water partition coefficient (Wildman–Crippen LogP) is -0.308. The Hall–Kier alpha value is 0.575. The molecule has 0 aliphatic carbocycles. The maximum atomic E-state index is 9.44. The summed E-state index contributed by atoms with van der Waals surface area (Å²) in [5, 5.41) is 0. The van der Waals surface area contributed by atoms with Crippen molar-refractivity contribution in [2.24, 2.45) is 4.25 Å². The van der Waals surface area contributed by atoms with Gasteiger partial charge in [0.1, 0.15) is 0 Å². The summed E-state index contributed by atoms with van der Waals surface area (Å²) in [5.74, 6) is 0. The molecule has 0 aromatic rings. The molecule has 7 heavy (non-hydrogen) atoms. The molecule has 0 atom stereocenters. The molecule has 0 spiro atoms. The zero-order valence-electron chi connectivity index (χ0n) is 3.23. The Morgan fingerprint density at radius 3 is 1.86 bits per heavy atom. The van der Waals surface area contributed by atoms with Crippen molar-refractivity contribution in [2.45, 2.75) is 0 Å². The molecule has 0 rings (SSSR count). The first-order valence-electron chi connectivity index (χ1n) is 1.33. The fourth-order valence-electron chi connectivity index (χ4n) is 0.0707. The predicted molar refractivity (Wildman–Crippen MR) is 21.1 cm³/mol. The minimum absolute atomic E-state index is 0.169. The van der Waals surface area contributed by atoms with E-state index >= 15 is 0 Å². The summed E-state index contributed by atoms with van der Waals surface area (Å²) in [5.41, 5.74) is 0. The van der Waals surface area contributed by atoms with Crippen LogP contribution in [0.3, 0.4) is 0 Å². The van der Waals surface area contributed by atoms with Crippen LogP contribution in [0.5, 0.6) is 0 Å². The van der Waals surface area contributed by atoms with Crippen LogP contribution >= 0.6 is 0 Å². The van der Waals surface area contributed by atoms with E-state index in [-0.39, 0.29) is 22.9 Å². The summed E-state index contributed by atoms with van der Waals surface area (Å²) < 4.78 is 25.6. The van der Waals surface area contributed by atoms with Crippen LogP contribution in [-0.2, 0) is 48.1 Å². The number of hydrogen-bond acceptors (Lipinski definition) is 4. The summed E-state index contributed by atoms with van der Waals surface area (Å²) in [6.07, 6.45) is 0. The van der Waals surface area contributed by atoms with Crippen molar-refractivity contribution in [3.05, 3.63) is 0 Å². The van der Waals surface area contributed by atoms with Gasteiger partial charge in [-0.05, 0) is 0 Å². The van der Waals surface area contributed by atoms with Crippen molar-refractivity contribution in [3.63, 3.8) is 0 Å². The van der Waals surface area contributed by atoms with Crippen molar-refractivity contribution < 1.29 is 33.6 Å². The normalized spacial score (nSPS) is 5.71. The summed E-state index contributed by atoms with van der Waals surface area (Å²) in [4.78, 5) is 0. The summed E-state index contributed by atoms with van der Waals surface area (Å²) >= 11 is -1.31. The van der Waals surface area contributed by atoms with E-state index in [1.807, 2.05) is 0 Å². The van der Waals surface area contributed by atoms with E-state index in [9.17, 15) is 8.42 Å². The van der Waals surface area contributed by atoms with Crippen LogP contribution in [0.1, 0.15) is 0 Å². The second-order valence-electron chi connectivity index (χ2n) is 0.549. The molecule has 0 saturated heterocycles. The van der Waals surface area contributed by atoms with E-state index < -0.39 is 25.2 Å². The maximum absolute atomic E-state index is 9.44. The van der Waals surface area contributed by atoms with Crippen LogP contribution in [0.15, 0.2) is 4.25 Å². The Balaban J connectivity index is 3.33. The third-order valence-electron chi connectivity index (χ3n) is 0.221. The number of rotatable bonds is 2. The van der Waals surface area contributed by atoms with Gasteiger partial charge in [0.15, 0.2) is 0 Å². The second-order valence-corrected chi connectivity index (χ2v) is 8.49. The molecule has 36 valence electrons. The van der Waals surface area contributed by atoms with Gasteiger partial charge in [0.2, 0.25) is 0 Å². The van der Waals surface area contributed by atoms with Gasteiger partial charge in [-0.15, -0.1) is 0 Å². The monoisotopic (exact) mass is 326 g/mol. The van der Waals surface area contributed by atoms with Crippen molar-refractivity contribution in [2.75, 3.05) is 0 Å². The second kappa shape index (κ2) is 6.58. The molecule has 4 nitrogen and oxygen atoms in total.